The van der Waals surface area contributed by atoms with E-state index in [0.29, 0.717) is 12.8 Å². The second kappa shape index (κ2) is 53.5. The Labute approximate surface area is 470 Å². The highest BCUT2D eigenvalue weighted by atomic mass is 16.7. The Balaban J connectivity index is 2.60. The fourth-order valence-corrected chi connectivity index (χ4v) is 9.36. The quantitative estimate of drug-likeness (QED) is 0.0195. The molecule has 8 atom stereocenters. The van der Waals surface area contributed by atoms with Crippen molar-refractivity contribution in [3.05, 3.63) is 85.1 Å². The van der Waals surface area contributed by atoms with Gasteiger partial charge in [-0.25, -0.2) is 0 Å². The Morgan fingerprint density at radius 3 is 1.40 bits per heavy atom. The number of amides is 1. The summed E-state index contributed by atoms with van der Waals surface area (Å²) in [4.78, 5) is 26.5. The SMILES string of the molecule is CC/C=C\C/C=C\C/C=C\C/C=C\C/C=C\C/C=C\CCCCCCCCCC(O)C(=O)NC(COC1OC(CO)C(O)C(O)C1OC(=O)CCCCCCCCCCCCC)C(O)/C=C/CCCCCCCCCCC. The van der Waals surface area contributed by atoms with Crippen LogP contribution < -0.4 is 5.32 Å². The molecule has 1 aliphatic heterocycles. The predicted molar refractivity (Wildman–Crippen MR) is 319 cm³/mol. The lowest BCUT2D eigenvalue weighted by atomic mass is 9.99. The normalized spacial score (nSPS) is 19.6. The van der Waals surface area contributed by atoms with Gasteiger partial charge in [-0.2, -0.15) is 0 Å². The molecule has 0 spiro atoms. The van der Waals surface area contributed by atoms with E-state index in [9.17, 15) is 35.1 Å². The number of ether oxygens (including phenoxy) is 3. The molecule has 1 heterocycles. The van der Waals surface area contributed by atoms with Crippen LogP contribution in [0.4, 0.5) is 0 Å². The van der Waals surface area contributed by atoms with E-state index in [1.165, 1.54) is 96.3 Å². The standard InChI is InChI=1S/C66H115NO10/c1-4-7-10-13-16-19-22-23-24-25-26-27-28-29-30-31-32-33-34-35-36-39-41-44-47-50-53-59(70)65(74)67-57(58(69)52-49-46-43-40-37-20-17-14-11-8-5-2)56-75-66-64(63(73)62(72)60(55-68)76-66)77-61(71)54-51-48-45-42-38-21-18-15-12-9-6-3/h7,10,16,19,23-24,26-27,29-30,32-33,49,52,57-60,62-64,66,68-70,72-73H,4-6,8-9,11-15,17-18,20-22,25,28,31,34-48,50-51,53-56H2,1-3H3,(H,67,74)/b10-7-,19-16-,24-23-,27-26-,30-29-,33-32-,52-49+. The highest BCUT2D eigenvalue weighted by Gasteiger charge is 2.47. The van der Waals surface area contributed by atoms with Crippen molar-refractivity contribution in [1.82, 2.24) is 5.32 Å². The lowest BCUT2D eigenvalue weighted by molar-refractivity contribution is -0.305. The van der Waals surface area contributed by atoms with E-state index < -0.39 is 67.4 Å². The minimum Gasteiger partial charge on any atom is -0.454 e. The van der Waals surface area contributed by atoms with E-state index in [4.69, 9.17) is 14.2 Å². The molecule has 1 fully saturated rings. The van der Waals surface area contributed by atoms with Crippen LogP contribution in [0.3, 0.4) is 0 Å². The fourth-order valence-electron chi connectivity index (χ4n) is 9.36. The van der Waals surface area contributed by atoms with Gasteiger partial charge in [-0.05, 0) is 77.0 Å². The van der Waals surface area contributed by atoms with E-state index in [0.717, 1.165) is 116 Å². The van der Waals surface area contributed by atoms with Gasteiger partial charge in [0.05, 0.1) is 25.4 Å². The number of carbonyl (C=O) groups is 2. The monoisotopic (exact) mass is 1080 g/mol. The molecule has 444 valence electrons. The molecule has 0 radical (unpaired) electrons. The van der Waals surface area contributed by atoms with E-state index in [2.05, 4.69) is 99.0 Å². The molecular formula is C66H115NO10. The Morgan fingerprint density at radius 1 is 0.519 bits per heavy atom. The van der Waals surface area contributed by atoms with Crippen LogP contribution in [0.1, 0.15) is 258 Å². The van der Waals surface area contributed by atoms with Crippen LogP contribution in [-0.2, 0) is 23.8 Å². The molecule has 11 nitrogen and oxygen atoms in total. The van der Waals surface area contributed by atoms with Crippen LogP contribution in [0.25, 0.3) is 0 Å². The zero-order chi connectivity index (χ0) is 56.1. The van der Waals surface area contributed by atoms with Crippen LogP contribution in [0.5, 0.6) is 0 Å². The Kier molecular flexibility index (Phi) is 49.9. The number of carbonyl (C=O) groups excluding carboxylic acids is 2. The molecule has 0 bridgehead atoms. The molecule has 0 aromatic heterocycles. The molecule has 1 aliphatic rings. The largest absolute Gasteiger partial charge is 0.454 e. The molecular weight excluding hydrogens is 967 g/mol. The highest BCUT2D eigenvalue weighted by molar-refractivity contribution is 5.80. The van der Waals surface area contributed by atoms with Gasteiger partial charge < -0.3 is 45.1 Å². The summed E-state index contributed by atoms with van der Waals surface area (Å²) in [6.07, 6.45) is 59.2. The molecule has 6 N–H and O–H groups in total. The van der Waals surface area contributed by atoms with E-state index in [-0.39, 0.29) is 19.4 Å². The summed E-state index contributed by atoms with van der Waals surface area (Å²) >= 11 is 0. The first kappa shape index (κ1) is 71.9. The van der Waals surface area contributed by atoms with Crippen molar-refractivity contribution in [3.63, 3.8) is 0 Å². The summed E-state index contributed by atoms with van der Waals surface area (Å²) in [7, 11) is 0. The number of aliphatic hydroxyl groups excluding tert-OH is 5. The fraction of sp³-hybridized carbons (Fsp3) is 0.758. The number of hydrogen-bond acceptors (Lipinski definition) is 10. The van der Waals surface area contributed by atoms with Gasteiger partial charge in [-0.1, -0.05) is 260 Å². The second-order valence-corrected chi connectivity index (χ2v) is 21.4. The Morgan fingerprint density at radius 2 is 0.935 bits per heavy atom. The van der Waals surface area contributed by atoms with Crippen molar-refractivity contribution in [2.75, 3.05) is 13.2 Å². The van der Waals surface area contributed by atoms with Crippen molar-refractivity contribution in [2.45, 2.75) is 307 Å². The molecule has 8 unspecified atom stereocenters. The van der Waals surface area contributed by atoms with Crippen LogP contribution in [-0.4, -0.2) is 99.6 Å². The first-order chi connectivity index (χ1) is 37.7. The van der Waals surface area contributed by atoms with Crippen LogP contribution in [0, 0.1) is 0 Å². The number of esters is 1. The topological polar surface area (TPSA) is 175 Å². The third-order valence-corrected chi connectivity index (χ3v) is 14.3. The Hall–Kier alpha value is -3.16. The molecule has 0 saturated carbocycles. The average Bonchev–Trinajstić information content (AvgIpc) is 3.43. The number of allylic oxidation sites excluding steroid dienone is 13. The van der Waals surface area contributed by atoms with Gasteiger partial charge in [0.25, 0.3) is 0 Å². The minimum absolute atomic E-state index is 0.122. The molecule has 11 heteroatoms. The first-order valence-corrected chi connectivity index (χ1v) is 31.4. The number of hydrogen-bond donors (Lipinski definition) is 6. The minimum atomic E-state index is -1.61. The zero-order valence-corrected chi connectivity index (χ0v) is 49.1. The summed E-state index contributed by atoms with van der Waals surface area (Å²) < 4.78 is 17.6. The molecule has 0 aromatic carbocycles. The Bertz CT molecular complexity index is 1570. The average molecular weight is 1080 g/mol. The summed E-state index contributed by atoms with van der Waals surface area (Å²) in [5, 5.41) is 56.9. The van der Waals surface area contributed by atoms with Gasteiger partial charge in [0, 0.05) is 6.42 Å². The van der Waals surface area contributed by atoms with Crippen molar-refractivity contribution in [2.24, 2.45) is 0 Å². The molecule has 1 saturated heterocycles. The van der Waals surface area contributed by atoms with Crippen molar-refractivity contribution >= 4 is 11.9 Å². The van der Waals surface area contributed by atoms with Crippen molar-refractivity contribution in [3.8, 4) is 0 Å². The molecule has 77 heavy (non-hydrogen) atoms. The van der Waals surface area contributed by atoms with Gasteiger partial charge >= 0.3 is 5.97 Å². The van der Waals surface area contributed by atoms with Gasteiger partial charge in [-0.3, -0.25) is 9.59 Å². The van der Waals surface area contributed by atoms with Gasteiger partial charge in [-0.15, -0.1) is 0 Å². The predicted octanol–water partition coefficient (Wildman–Crippen LogP) is 14.9. The van der Waals surface area contributed by atoms with E-state index >= 15 is 0 Å². The highest BCUT2D eigenvalue weighted by Crippen LogP contribution is 2.26. The summed E-state index contributed by atoms with van der Waals surface area (Å²) in [6.45, 7) is 5.64. The maximum atomic E-state index is 13.4. The molecule has 0 aliphatic carbocycles. The first-order valence-electron chi connectivity index (χ1n) is 31.4. The van der Waals surface area contributed by atoms with Crippen molar-refractivity contribution < 1.29 is 49.3 Å². The lowest BCUT2D eigenvalue weighted by Gasteiger charge is -2.41. The second-order valence-electron chi connectivity index (χ2n) is 21.4. The summed E-state index contributed by atoms with van der Waals surface area (Å²) in [5.74, 6) is -1.20. The lowest BCUT2D eigenvalue weighted by Crippen LogP contribution is -2.61. The van der Waals surface area contributed by atoms with Crippen LogP contribution in [0.15, 0.2) is 85.1 Å². The van der Waals surface area contributed by atoms with Gasteiger partial charge in [0.2, 0.25) is 5.91 Å². The van der Waals surface area contributed by atoms with Gasteiger partial charge in [0.15, 0.2) is 12.4 Å². The smallest absolute Gasteiger partial charge is 0.306 e. The van der Waals surface area contributed by atoms with Crippen LogP contribution in [0.2, 0.25) is 0 Å². The number of aliphatic hydroxyl groups is 5. The van der Waals surface area contributed by atoms with Crippen LogP contribution >= 0.6 is 0 Å². The van der Waals surface area contributed by atoms with E-state index in [1.807, 2.05) is 6.08 Å². The zero-order valence-electron chi connectivity index (χ0n) is 49.1. The number of unbranched alkanes of at least 4 members (excludes halogenated alkanes) is 26. The third kappa shape index (κ3) is 41.5. The third-order valence-electron chi connectivity index (χ3n) is 14.3. The number of rotatable bonds is 52. The maximum Gasteiger partial charge on any atom is 0.306 e. The summed E-state index contributed by atoms with van der Waals surface area (Å²) in [6, 6.07) is -1.03. The van der Waals surface area contributed by atoms with Crippen molar-refractivity contribution in [1.29, 1.82) is 0 Å². The molecule has 1 rings (SSSR count). The maximum absolute atomic E-state index is 13.4. The van der Waals surface area contributed by atoms with E-state index in [1.54, 1.807) is 6.08 Å². The van der Waals surface area contributed by atoms with Gasteiger partial charge in [0.1, 0.15) is 24.4 Å². The molecule has 1 amide bonds. The summed E-state index contributed by atoms with van der Waals surface area (Å²) in [5.41, 5.74) is 0. The molecule has 0 aromatic rings. The number of nitrogens with one attached hydrogen (secondary N) is 1.